The molecule has 8 heteroatoms. The van der Waals surface area contributed by atoms with E-state index >= 15 is 0 Å². The molecule has 0 spiro atoms. The summed E-state index contributed by atoms with van der Waals surface area (Å²) in [4.78, 5) is 23.8. The molecular formula is C21H21N5O3. The van der Waals surface area contributed by atoms with E-state index in [1.807, 2.05) is 36.0 Å². The van der Waals surface area contributed by atoms with Crippen molar-refractivity contribution in [3.63, 3.8) is 0 Å². The maximum absolute atomic E-state index is 13.0. The second-order valence-electron chi connectivity index (χ2n) is 7.36. The Kier molecular flexibility index (Phi) is 4.01. The number of nitrogens with zero attached hydrogens (tertiary/aromatic N) is 5. The molecule has 5 rings (SSSR count). The molecule has 1 aliphatic heterocycles. The molecule has 0 N–H and O–H groups in total. The molecule has 4 heterocycles. The van der Waals surface area contributed by atoms with Crippen molar-refractivity contribution in [2.24, 2.45) is 0 Å². The van der Waals surface area contributed by atoms with Gasteiger partial charge in [-0.05, 0) is 37.5 Å². The molecule has 8 nitrogen and oxygen atoms in total. The van der Waals surface area contributed by atoms with E-state index in [0.29, 0.717) is 35.6 Å². The van der Waals surface area contributed by atoms with Gasteiger partial charge in [0.05, 0.1) is 43.8 Å². The van der Waals surface area contributed by atoms with Crippen molar-refractivity contribution in [2.75, 3.05) is 19.1 Å². The third kappa shape index (κ3) is 2.91. The molecule has 3 aromatic heterocycles. The number of hydrogen-bond donors (Lipinski definition) is 0. The van der Waals surface area contributed by atoms with Crippen molar-refractivity contribution in [3.8, 4) is 22.9 Å². The molecule has 2 aliphatic rings. The Labute approximate surface area is 168 Å². The first-order valence-corrected chi connectivity index (χ1v) is 9.55. The number of anilines is 1. The summed E-state index contributed by atoms with van der Waals surface area (Å²) in [5, 5.41) is 4.59. The first-order valence-electron chi connectivity index (χ1n) is 9.55. The molecule has 0 aromatic carbocycles. The highest BCUT2D eigenvalue weighted by Crippen LogP contribution is 2.36. The maximum atomic E-state index is 13.0. The van der Waals surface area contributed by atoms with Crippen molar-refractivity contribution >= 4 is 11.7 Å². The topological polar surface area (TPSA) is 82.4 Å². The van der Waals surface area contributed by atoms with E-state index in [4.69, 9.17) is 14.5 Å². The van der Waals surface area contributed by atoms with Crippen LogP contribution in [0.5, 0.6) is 11.6 Å². The lowest BCUT2D eigenvalue weighted by atomic mass is 10.1. The smallest absolute Gasteiger partial charge is 0.262 e. The second-order valence-corrected chi connectivity index (χ2v) is 7.36. The van der Waals surface area contributed by atoms with Crippen LogP contribution < -0.4 is 14.4 Å². The third-order valence-corrected chi connectivity index (χ3v) is 5.38. The summed E-state index contributed by atoms with van der Waals surface area (Å²) >= 11 is 0. The van der Waals surface area contributed by atoms with Gasteiger partial charge in [-0.25, -0.2) is 4.98 Å². The molecule has 0 atom stereocenters. The lowest BCUT2D eigenvalue weighted by molar-refractivity contribution is 0.0995. The Morgan fingerprint density at radius 2 is 2.00 bits per heavy atom. The summed E-state index contributed by atoms with van der Waals surface area (Å²) in [5.41, 5.74) is 3.84. The van der Waals surface area contributed by atoms with Gasteiger partial charge in [-0.3, -0.25) is 19.4 Å². The minimum atomic E-state index is -0.0527. The molecule has 29 heavy (non-hydrogen) atoms. The molecule has 0 unspecified atom stereocenters. The molecule has 3 aromatic rings. The molecule has 0 bridgehead atoms. The Bertz CT molecular complexity index is 1120. The molecule has 1 fully saturated rings. The van der Waals surface area contributed by atoms with Gasteiger partial charge in [0, 0.05) is 24.0 Å². The average Bonchev–Trinajstić information content (AvgIpc) is 3.37. The number of methoxy groups -OCH3 is 2. The van der Waals surface area contributed by atoms with Crippen LogP contribution in [0.3, 0.4) is 0 Å². The number of amides is 1. The summed E-state index contributed by atoms with van der Waals surface area (Å²) in [6.45, 7) is 2.34. The zero-order valence-corrected chi connectivity index (χ0v) is 16.5. The Hall–Kier alpha value is -3.42. The van der Waals surface area contributed by atoms with Crippen molar-refractivity contribution in [1.82, 2.24) is 19.7 Å². The lowest BCUT2D eigenvalue weighted by Crippen LogP contribution is -2.24. The first kappa shape index (κ1) is 17.7. The van der Waals surface area contributed by atoms with E-state index in [0.717, 1.165) is 35.4 Å². The van der Waals surface area contributed by atoms with Crippen molar-refractivity contribution < 1.29 is 14.3 Å². The minimum Gasteiger partial charge on any atom is -0.491 e. The van der Waals surface area contributed by atoms with E-state index in [9.17, 15) is 4.79 Å². The average molecular weight is 391 g/mol. The van der Waals surface area contributed by atoms with Gasteiger partial charge in [0.1, 0.15) is 0 Å². The van der Waals surface area contributed by atoms with Crippen molar-refractivity contribution in [3.05, 3.63) is 47.4 Å². The summed E-state index contributed by atoms with van der Waals surface area (Å²) in [6, 6.07) is 6.13. The number of ether oxygens (including phenoxy) is 2. The number of aryl methyl sites for hydroxylation is 1. The molecule has 148 valence electrons. The molecule has 1 saturated carbocycles. The summed E-state index contributed by atoms with van der Waals surface area (Å²) < 4.78 is 12.5. The van der Waals surface area contributed by atoms with E-state index in [1.54, 1.807) is 25.3 Å². The molecule has 1 aliphatic carbocycles. The summed E-state index contributed by atoms with van der Waals surface area (Å²) in [7, 11) is 3.12. The Morgan fingerprint density at radius 3 is 2.72 bits per heavy atom. The van der Waals surface area contributed by atoms with Gasteiger partial charge in [0.15, 0.2) is 11.6 Å². The van der Waals surface area contributed by atoms with E-state index in [-0.39, 0.29) is 5.91 Å². The summed E-state index contributed by atoms with van der Waals surface area (Å²) in [6.07, 6.45) is 5.95. The number of hydrogen-bond acceptors (Lipinski definition) is 6. The number of pyridine rings is 2. The molecule has 0 radical (unpaired) electrons. The van der Waals surface area contributed by atoms with Crippen LogP contribution in [0.4, 0.5) is 5.82 Å². The van der Waals surface area contributed by atoms with E-state index in [1.165, 1.54) is 0 Å². The highest BCUT2D eigenvalue weighted by atomic mass is 16.5. The number of carbonyl (C=O) groups excluding carboxylic acids is 1. The van der Waals surface area contributed by atoms with E-state index in [2.05, 4.69) is 10.1 Å². The predicted octanol–water partition coefficient (Wildman–Crippen LogP) is 3.16. The number of carbonyl (C=O) groups is 1. The third-order valence-electron chi connectivity index (χ3n) is 5.38. The standard InChI is InChI=1S/C21H21N5O3/c1-12-8-15(13-9-17(28-2)20(29-3)22-10-13)23-16-11-25(21(27)19(12)16)18-6-7-26(24-18)14-4-5-14/h6-10,14H,4-5,11H2,1-3H3. The minimum absolute atomic E-state index is 0.0527. The molecular weight excluding hydrogens is 370 g/mol. The number of aromatic nitrogens is 4. The van der Waals surface area contributed by atoms with Crippen LogP contribution in [0.25, 0.3) is 11.3 Å². The zero-order chi connectivity index (χ0) is 20.1. The van der Waals surface area contributed by atoms with Crippen molar-refractivity contribution in [1.29, 1.82) is 0 Å². The fourth-order valence-electron chi connectivity index (χ4n) is 3.72. The quantitative estimate of drug-likeness (QED) is 0.664. The molecule has 1 amide bonds. The van der Waals surface area contributed by atoms with Gasteiger partial charge >= 0.3 is 0 Å². The number of fused-ring (bicyclic) bond motifs is 1. The van der Waals surface area contributed by atoms with Crippen LogP contribution in [0.1, 0.15) is 40.5 Å². The fourth-order valence-corrected chi connectivity index (χ4v) is 3.72. The van der Waals surface area contributed by atoms with Crippen LogP contribution in [-0.2, 0) is 6.54 Å². The van der Waals surface area contributed by atoms with Crippen LogP contribution in [0.15, 0.2) is 30.6 Å². The van der Waals surface area contributed by atoms with Crippen LogP contribution in [0.2, 0.25) is 0 Å². The highest BCUT2D eigenvalue weighted by molar-refractivity contribution is 6.10. The van der Waals surface area contributed by atoms with Gasteiger partial charge in [-0.2, -0.15) is 5.10 Å². The van der Waals surface area contributed by atoms with E-state index < -0.39 is 0 Å². The monoisotopic (exact) mass is 391 g/mol. The van der Waals surface area contributed by atoms with Gasteiger partial charge in [-0.1, -0.05) is 0 Å². The maximum Gasteiger partial charge on any atom is 0.262 e. The predicted molar refractivity (Wildman–Crippen MR) is 106 cm³/mol. The van der Waals surface area contributed by atoms with Crippen LogP contribution in [0, 0.1) is 6.92 Å². The van der Waals surface area contributed by atoms with Crippen LogP contribution in [-0.4, -0.2) is 39.9 Å². The normalized spacial score (nSPS) is 15.6. The van der Waals surface area contributed by atoms with Gasteiger partial charge in [-0.15, -0.1) is 0 Å². The van der Waals surface area contributed by atoms with Crippen LogP contribution >= 0.6 is 0 Å². The molecule has 0 saturated heterocycles. The Balaban J connectivity index is 1.50. The van der Waals surface area contributed by atoms with Gasteiger partial charge < -0.3 is 9.47 Å². The van der Waals surface area contributed by atoms with Gasteiger partial charge in [0.25, 0.3) is 11.8 Å². The summed E-state index contributed by atoms with van der Waals surface area (Å²) in [5.74, 6) is 1.58. The number of rotatable bonds is 5. The SMILES string of the molecule is COc1cc(-c2cc(C)c3c(n2)CN(c2ccn(C4CC4)n2)C3=O)cnc1OC. The second kappa shape index (κ2) is 6.58. The highest BCUT2D eigenvalue weighted by Gasteiger charge is 2.34. The zero-order valence-electron chi connectivity index (χ0n) is 16.5. The first-order chi connectivity index (χ1) is 14.1. The van der Waals surface area contributed by atoms with Gasteiger partial charge in [0.2, 0.25) is 0 Å². The van der Waals surface area contributed by atoms with Crippen molar-refractivity contribution in [2.45, 2.75) is 32.4 Å². The lowest BCUT2D eigenvalue weighted by Gasteiger charge is -2.11. The largest absolute Gasteiger partial charge is 0.491 e. The Morgan fingerprint density at radius 1 is 1.17 bits per heavy atom. The fraction of sp³-hybridized carbons (Fsp3) is 0.333.